The highest BCUT2D eigenvalue weighted by Crippen LogP contribution is 1.87. The molecule has 0 fully saturated rings. The van der Waals surface area contributed by atoms with Gasteiger partial charge in [0.1, 0.15) is 0 Å². The van der Waals surface area contributed by atoms with Crippen molar-refractivity contribution in [1.29, 1.82) is 0 Å². The molecule has 0 aliphatic heterocycles. The van der Waals surface area contributed by atoms with Crippen LogP contribution in [0.4, 0.5) is 0 Å². The lowest BCUT2D eigenvalue weighted by Crippen LogP contribution is -2.15. The lowest BCUT2D eigenvalue weighted by Gasteiger charge is -2.09. The Hall–Kier alpha value is -1.21. The Balaban J connectivity index is 3.03. The Bertz CT molecular complexity index is 551. The van der Waals surface area contributed by atoms with Crippen molar-refractivity contribution in [3.05, 3.63) is 10.4 Å². The molecule has 0 heterocycles. The van der Waals surface area contributed by atoms with Gasteiger partial charge in [0.05, 0.1) is 159 Å². The van der Waals surface area contributed by atoms with Gasteiger partial charge in [-0.2, -0.15) is 0 Å². The summed E-state index contributed by atoms with van der Waals surface area (Å²) in [6.07, 6.45) is 0. The molecule has 0 aromatic rings. The van der Waals surface area contributed by atoms with Gasteiger partial charge >= 0.3 is 0 Å². The first-order chi connectivity index (χ1) is 20.9. The third-order valence-electron chi connectivity index (χ3n) is 4.75. The van der Waals surface area contributed by atoms with Gasteiger partial charge in [-0.05, 0) is 5.53 Å². The van der Waals surface area contributed by atoms with Crippen LogP contribution < -0.4 is 5.73 Å². The molecule has 0 spiro atoms. The summed E-state index contributed by atoms with van der Waals surface area (Å²) < 4.78 is 64.6. The van der Waals surface area contributed by atoms with Crippen LogP contribution >= 0.6 is 0 Å². The molecule has 250 valence electrons. The molecule has 0 radical (unpaired) electrons. The molecule has 2 N–H and O–H groups in total. The number of hydrogen-bond acceptors (Lipinski definition) is 14. The van der Waals surface area contributed by atoms with Gasteiger partial charge in [-0.3, -0.25) is 0 Å². The minimum Gasteiger partial charge on any atom is -0.379 e. The van der Waals surface area contributed by atoms with Gasteiger partial charge in [0.25, 0.3) is 0 Å². The molecule has 16 heteroatoms. The van der Waals surface area contributed by atoms with Crippen LogP contribution in [-0.4, -0.2) is 172 Å². The van der Waals surface area contributed by atoms with Crippen molar-refractivity contribution in [1.82, 2.24) is 0 Å². The van der Waals surface area contributed by atoms with Crippen molar-refractivity contribution in [2.24, 2.45) is 10.8 Å². The Kier molecular flexibility index (Phi) is 38.6. The molecule has 0 bridgehead atoms. The van der Waals surface area contributed by atoms with Gasteiger partial charge in [-0.15, -0.1) is 0 Å². The van der Waals surface area contributed by atoms with Crippen LogP contribution in [0.15, 0.2) is 5.11 Å². The standard InChI is InChI=1S/C26H54N4O12/c27-1-3-31-5-7-33-9-11-35-13-15-37-17-19-39-21-23-41-25-26-42-24-22-40-20-18-38-16-14-36-12-10-34-8-6-32-4-2-29-30-28/h1-27H2. The van der Waals surface area contributed by atoms with E-state index in [2.05, 4.69) is 10.0 Å². The zero-order valence-electron chi connectivity index (χ0n) is 25.2. The van der Waals surface area contributed by atoms with Gasteiger partial charge in [0.15, 0.2) is 0 Å². The molecule has 0 aromatic carbocycles. The lowest BCUT2D eigenvalue weighted by molar-refractivity contribution is -0.0282. The molecule has 0 aliphatic rings. The minimum absolute atomic E-state index is 0.328. The second-order valence-corrected chi connectivity index (χ2v) is 8.09. The normalized spacial score (nSPS) is 11.3. The van der Waals surface area contributed by atoms with Crippen molar-refractivity contribution in [2.75, 3.05) is 172 Å². The van der Waals surface area contributed by atoms with Gasteiger partial charge < -0.3 is 62.6 Å². The maximum atomic E-state index is 8.13. The summed E-state index contributed by atoms with van der Waals surface area (Å²) in [6, 6.07) is 0. The van der Waals surface area contributed by atoms with E-state index in [1.807, 2.05) is 0 Å². The highest BCUT2D eigenvalue weighted by molar-refractivity contribution is 4.44. The summed E-state index contributed by atoms with van der Waals surface area (Å²) >= 11 is 0. The van der Waals surface area contributed by atoms with Crippen molar-refractivity contribution in [3.8, 4) is 0 Å². The van der Waals surface area contributed by atoms with Crippen molar-refractivity contribution in [2.45, 2.75) is 0 Å². The maximum Gasteiger partial charge on any atom is 0.0701 e. The molecule has 0 amide bonds. The third kappa shape index (κ3) is 38.8. The first kappa shape index (κ1) is 40.8. The van der Waals surface area contributed by atoms with Crippen LogP contribution in [0.25, 0.3) is 10.4 Å². The van der Waals surface area contributed by atoms with Crippen molar-refractivity contribution >= 4 is 0 Å². The smallest absolute Gasteiger partial charge is 0.0701 e. The summed E-state index contributed by atoms with van der Waals surface area (Å²) in [5, 5.41) is 3.37. The molecular formula is C26H54N4O12. The monoisotopic (exact) mass is 614 g/mol. The first-order valence-corrected chi connectivity index (χ1v) is 14.6. The molecule has 0 saturated heterocycles. The van der Waals surface area contributed by atoms with E-state index in [9.17, 15) is 0 Å². The number of rotatable bonds is 38. The summed E-state index contributed by atoms with van der Waals surface area (Å²) in [4.78, 5) is 2.64. The second kappa shape index (κ2) is 39.8. The van der Waals surface area contributed by atoms with Crippen LogP contribution in [-0.2, 0) is 56.8 Å². The van der Waals surface area contributed by atoms with E-state index in [1.165, 1.54) is 0 Å². The fourth-order valence-electron chi connectivity index (χ4n) is 2.75. The Morgan fingerprint density at radius 2 is 0.524 bits per heavy atom. The molecule has 42 heavy (non-hydrogen) atoms. The van der Waals surface area contributed by atoms with Crippen molar-refractivity contribution in [3.63, 3.8) is 0 Å². The predicted molar refractivity (Wildman–Crippen MR) is 153 cm³/mol. The summed E-state index contributed by atoms with van der Waals surface area (Å²) in [7, 11) is 0. The summed E-state index contributed by atoms with van der Waals surface area (Å²) in [5.74, 6) is 0. The molecule has 0 atom stereocenters. The van der Waals surface area contributed by atoms with E-state index in [1.54, 1.807) is 0 Å². The Morgan fingerprint density at radius 1 is 0.333 bits per heavy atom. The number of hydrogen-bond donors (Lipinski definition) is 1. The minimum atomic E-state index is 0.328. The highest BCUT2D eigenvalue weighted by atomic mass is 16.6. The van der Waals surface area contributed by atoms with Crippen LogP contribution in [0, 0.1) is 0 Å². The largest absolute Gasteiger partial charge is 0.379 e. The zero-order chi connectivity index (χ0) is 30.3. The fraction of sp³-hybridized carbons (Fsp3) is 1.00. The average molecular weight is 615 g/mol. The number of azide groups is 1. The SMILES string of the molecule is [N-]=[N+]=NCCOCCOCCOCCOCCOCCOCCOCCOCCOCCOCCOCCOCCN. The lowest BCUT2D eigenvalue weighted by atomic mass is 10.6. The first-order valence-electron chi connectivity index (χ1n) is 14.6. The molecule has 0 unspecified atom stereocenters. The van der Waals surface area contributed by atoms with E-state index >= 15 is 0 Å². The van der Waals surface area contributed by atoms with Crippen LogP contribution in [0.2, 0.25) is 0 Å². The molecule has 0 rings (SSSR count). The molecular weight excluding hydrogens is 560 g/mol. The fourth-order valence-corrected chi connectivity index (χ4v) is 2.75. The van der Waals surface area contributed by atoms with E-state index in [0.29, 0.717) is 172 Å². The molecule has 0 aromatic heterocycles. The molecule has 16 nitrogen and oxygen atoms in total. The van der Waals surface area contributed by atoms with Crippen LogP contribution in [0.5, 0.6) is 0 Å². The summed E-state index contributed by atoms with van der Waals surface area (Å²) in [5.41, 5.74) is 13.4. The topological polar surface area (TPSA) is 186 Å². The number of ether oxygens (including phenoxy) is 12. The third-order valence-corrected chi connectivity index (χ3v) is 4.75. The average Bonchev–Trinajstić information content (AvgIpc) is 3.00. The van der Waals surface area contributed by atoms with Crippen LogP contribution in [0.3, 0.4) is 0 Å². The quantitative estimate of drug-likeness (QED) is 0.0438. The molecule has 0 saturated carbocycles. The van der Waals surface area contributed by atoms with Gasteiger partial charge in [-0.25, -0.2) is 0 Å². The summed E-state index contributed by atoms with van der Waals surface area (Å²) in [6.45, 7) is 12.9. The zero-order valence-corrected chi connectivity index (χ0v) is 25.2. The van der Waals surface area contributed by atoms with Gasteiger partial charge in [0.2, 0.25) is 0 Å². The van der Waals surface area contributed by atoms with Gasteiger partial charge in [-0.1, -0.05) is 5.11 Å². The van der Waals surface area contributed by atoms with Crippen LogP contribution in [0.1, 0.15) is 0 Å². The van der Waals surface area contributed by atoms with Gasteiger partial charge in [0, 0.05) is 18.0 Å². The number of nitrogens with two attached hydrogens (primary N) is 1. The Morgan fingerprint density at radius 3 is 0.714 bits per heavy atom. The second-order valence-electron chi connectivity index (χ2n) is 8.09. The maximum absolute atomic E-state index is 8.13. The predicted octanol–water partition coefficient (Wildman–Crippen LogP) is 0.455. The number of nitrogens with zero attached hydrogens (tertiary/aromatic N) is 3. The Labute approximate surface area is 250 Å². The van der Waals surface area contributed by atoms with E-state index in [4.69, 9.17) is 68.1 Å². The van der Waals surface area contributed by atoms with E-state index < -0.39 is 0 Å². The van der Waals surface area contributed by atoms with Crippen molar-refractivity contribution < 1.29 is 56.8 Å². The van der Waals surface area contributed by atoms with E-state index in [-0.39, 0.29) is 0 Å². The van der Waals surface area contributed by atoms with E-state index in [0.717, 1.165) is 0 Å². The highest BCUT2D eigenvalue weighted by Gasteiger charge is 1.96. The molecule has 0 aliphatic carbocycles.